The van der Waals surface area contributed by atoms with Crippen LogP contribution in [0.4, 0.5) is 0 Å². The van der Waals surface area contributed by atoms with E-state index >= 15 is 0 Å². The molecule has 4 rings (SSSR count). The summed E-state index contributed by atoms with van der Waals surface area (Å²) in [6.45, 7) is 6.21. The number of ether oxygens (including phenoxy) is 2. The molecule has 2 heterocycles. The molecular formula is C26H32N2O4. The van der Waals surface area contributed by atoms with E-state index in [1.165, 1.54) is 0 Å². The maximum absolute atomic E-state index is 12.9. The van der Waals surface area contributed by atoms with E-state index in [9.17, 15) is 9.59 Å². The first-order valence-corrected chi connectivity index (χ1v) is 11.7. The van der Waals surface area contributed by atoms with E-state index in [-0.39, 0.29) is 17.7 Å². The SMILES string of the molecule is CCOc1ccc(C(=O)N2CCC[C@H](COc3cccc(C(=O)N4CCCC4)c3)C2)cc1. The standard InChI is InChI=1S/C26H32N2O4/c1-2-31-23-12-10-21(11-13-23)25(29)28-16-6-7-20(18-28)19-32-24-9-5-8-22(17-24)26(30)27-14-3-4-15-27/h5,8-13,17,20H,2-4,6-7,14-16,18-19H2,1H3/t20-/m0/s1. The molecule has 0 aliphatic carbocycles. The van der Waals surface area contributed by atoms with Gasteiger partial charge in [0.15, 0.2) is 0 Å². The monoisotopic (exact) mass is 436 g/mol. The largest absolute Gasteiger partial charge is 0.494 e. The lowest BCUT2D eigenvalue weighted by Gasteiger charge is -2.32. The molecule has 0 aromatic heterocycles. The third kappa shape index (κ3) is 5.42. The Hall–Kier alpha value is -3.02. The molecule has 0 saturated carbocycles. The second kappa shape index (κ2) is 10.5. The summed E-state index contributed by atoms with van der Waals surface area (Å²) in [6, 6.07) is 14.8. The van der Waals surface area contributed by atoms with Gasteiger partial charge in [0.05, 0.1) is 13.2 Å². The number of carbonyl (C=O) groups excluding carboxylic acids is 2. The zero-order valence-electron chi connectivity index (χ0n) is 18.8. The minimum Gasteiger partial charge on any atom is -0.494 e. The molecule has 0 N–H and O–H groups in total. The van der Waals surface area contributed by atoms with Gasteiger partial charge in [-0.25, -0.2) is 0 Å². The van der Waals surface area contributed by atoms with Crippen LogP contribution in [0.2, 0.25) is 0 Å². The highest BCUT2D eigenvalue weighted by Crippen LogP contribution is 2.23. The summed E-state index contributed by atoms with van der Waals surface area (Å²) in [7, 11) is 0. The van der Waals surface area contributed by atoms with Crippen molar-refractivity contribution in [3.63, 3.8) is 0 Å². The number of hydrogen-bond acceptors (Lipinski definition) is 4. The number of piperidine rings is 1. The molecule has 0 unspecified atom stereocenters. The molecule has 2 saturated heterocycles. The van der Waals surface area contributed by atoms with E-state index in [4.69, 9.17) is 9.47 Å². The third-order valence-electron chi connectivity index (χ3n) is 6.18. The molecule has 170 valence electrons. The Morgan fingerprint density at radius 3 is 2.31 bits per heavy atom. The molecule has 1 atom stereocenters. The predicted molar refractivity (Wildman–Crippen MR) is 123 cm³/mol. The number of benzene rings is 2. The van der Waals surface area contributed by atoms with Gasteiger partial charge in [0, 0.05) is 43.2 Å². The first kappa shape index (κ1) is 22.2. The van der Waals surface area contributed by atoms with Crippen LogP contribution in [0.25, 0.3) is 0 Å². The highest BCUT2D eigenvalue weighted by Gasteiger charge is 2.25. The first-order chi connectivity index (χ1) is 15.6. The highest BCUT2D eigenvalue weighted by atomic mass is 16.5. The molecule has 2 aliphatic rings. The second-order valence-corrected chi connectivity index (χ2v) is 8.55. The molecule has 0 bridgehead atoms. The van der Waals surface area contributed by atoms with Gasteiger partial charge in [0.25, 0.3) is 11.8 Å². The lowest BCUT2D eigenvalue weighted by atomic mass is 9.98. The molecule has 32 heavy (non-hydrogen) atoms. The third-order valence-corrected chi connectivity index (χ3v) is 6.18. The Labute approximate surface area is 190 Å². The molecule has 6 nitrogen and oxygen atoms in total. The summed E-state index contributed by atoms with van der Waals surface area (Å²) < 4.78 is 11.5. The molecule has 0 spiro atoms. The summed E-state index contributed by atoms with van der Waals surface area (Å²) in [4.78, 5) is 29.4. The van der Waals surface area contributed by atoms with Crippen LogP contribution in [-0.2, 0) is 0 Å². The fourth-order valence-corrected chi connectivity index (χ4v) is 4.46. The van der Waals surface area contributed by atoms with Crippen molar-refractivity contribution < 1.29 is 19.1 Å². The Morgan fingerprint density at radius 1 is 0.844 bits per heavy atom. The maximum Gasteiger partial charge on any atom is 0.253 e. The quantitative estimate of drug-likeness (QED) is 0.651. The smallest absolute Gasteiger partial charge is 0.253 e. The Bertz CT molecular complexity index is 922. The van der Waals surface area contributed by atoms with E-state index in [1.807, 2.05) is 65.3 Å². The van der Waals surface area contributed by atoms with Gasteiger partial charge in [-0.05, 0) is 75.1 Å². The zero-order valence-corrected chi connectivity index (χ0v) is 18.8. The van der Waals surface area contributed by atoms with Crippen molar-refractivity contribution in [2.45, 2.75) is 32.6 Å². The van der Waals surface area contributed by atoms with Gasteiger partial charge in [0.2, 0.25) is 0 Å². The van der Waals surface area contributed by atoms with Crippen LogP contribution in [0.1, 0.15) is 53.3 Å². The molecule has 2 aliphatic heterocycles. The van der Waals surface area contributed by atoms with Gasteiger partial charge < -0.3 is 19.3 Å². The van der Waals surface area contributed by atoms with Gasteiger partial charge in [-0.1, -0.05) is 6.07 Å². The van der Waals surface area contributed by atoms with Crippen molar-refractivity contribution in [1.82, 2.24) is 9.80 Å². The van der Waals surface area contributed by atoms with Crippen molar-refractivity contribution in [1.29, 1.82) is 0 Å². The van der Waals surface area contributed by atoms with Crippen LogP contribution in [0.3, 0.4) is 0 Å². The number of amides is 2. The molecule has 2 aromatic rings. The van der Waals surface area contributed by atoms with Crippen LogP contribution in [0.5, 0.6) is 11.5 Å². The number of nitrogens with zero attached hydrogens (tertiary/aromatic N) is 2. The van der Waals surface area contributed by atoms with E-state index in [0.717, 1.165) is 51.1 Å². The topological polar surface area (TPSA) is 59.1 Å². The molecule has 2 fully saturated rings. The van der Waals surface area contributed by atoms with Gasteiger partial charge in [-0.15, -0.1) is 0 Å². The molecule has 0 radical (unpaired) electrons. The summed E-state index contributed by atoms with van der Waals surface area (Å²) in [6.07, 6.45) is 4.15. The van der Waals surface area contributed by atoms with Crippen LogP contribution in [-0.4, -0.2) is 61.0 Å². The lowest BCUT2D eigenvalue weighted by molar-refractivity contribution is 0.0632. The fourth-order valence-electron chi connectivity index (χ4n) is 4.46. The summed E-state index contributed by atoms with van der Waals surface area (Å²) >= 11 is 0. The minimum absolute atomic E-state index is 0.0518. The minimum atomic E-state index is 0.0518. The number of rotatable bonds is 7. The highest BCUT2D eigenvalue weighted by molar-refractivity contribution is 5.95. The van der Waals surface area contributed by atoms with Crippen LogP contribution < -0.4 is 9.47 Å². The van der Waals surface area contributed by atoms with Crippen molar-refractivity contribution >= 4 is 11.8 Å². The molecule has 6 heteroatoms. The van der Waals surface area contributed by atoms with E-state index in [1.54, 1.807) is 0 Å². The van der Waals surface area contributed by atoms with Crippen LogP contribution >= 0.6 is 0 Å². The number of hydrogen-bond donors (Lipinski definition) is 0. The molecule has 2 aromatic carbocycles. The van der Waals surface area contributed by atoms with E-state index in [0.29, 0.717) is 36.6 Å². The first-order valence-electron chi connectivity index (χ1n) is 11.7. The lowest BCUT2D eigenvalue weighted by Crippen LogP contribution is -2.41. The van der Waals surface area contributed by atoms with Crippen molar-refractivity contribution in [3.05, 3.63) is 59.7 Å². The Kier molecular flexibility index (Phi) is 7.30. The molecular weight excluding hydrogens is 404 g/mol. The van der Waals surface area contributed by atoms with Gasteiger partial charge in [-0.3, -0.25) is 9.59 Å². The average molecular weight is 437 g/mol. The van der Waals surface area contributed by atoms with E-state index < -0.39 is 0 Å². The second-order valence-electron chi connectivity index (χ2n) is 8.55. The fraction of sp³-hybridized carbons (Fsp3) is 0.462. The van der Waals surface area contributed by atoms with Crippen LogP contribution in [0.15, 0.2) is 48.5 Å². The average Bonchev–Trinajstić information content (AvgIpc) is 3.38. The number of likely N-dealkylation sites (tertiary alicyclic amines) is 2. The Morgan fingerprint density at radius 2 is 1.56 bits per heavy atom. The summed E-state index contributed by atoms with van der Waals surface area (Å²) in [5.41, 5.74) is 1.36. The number of carbonyl (C=O) groups is 2. The summed E-state index contributed by atoms with van der Waals surface area (Å²) in [5.74, 6) is 1.89. The predicted octanol–water partition coefficient (Wildman–Crippen LogP) is 4.25. The summed E-state index contributed by atoms with van der Waals surface area (Å²) in [5, 5.41) is 0. The van der Waals surface area contributed by atoms with Gasteiger partial charge in [-0.2, -0.15) is 0 Å². The van der Waals surface area contributed by atoms with Crippen molar-refractivity contribution in [2.75, 3.05) is 39.4 Å². The zero-order chi connectivity index (χ0) is 22.3. The van der Waals surface area contributed by atoms with Gasteiger partial charge in [0.1, 0.15) is 11.5 Å². The van der Waals surface area contributed by atoms with Crippen molar-refractivity contribution in [3.8, 4) is 11.5 Å². The van der Waals surface area contributed by atoms with Gasteiger partial charge >= 0.3 is 0 Å². The van der Waals surface area contributed by atoms with E-state index in [2.05, 4.69) is 0 Å². The normalized spacial score (nSPS) is 18.5. The Balaban J connectivity index is 1.32. The molecule has 2 amide bonds. The maximum atomic E-state index is 12.9. The van der Waals surface area contributed by atoms with Crippen molar-refractivity contribution in [2.24, 2.45) is 5.92 Å². The van der Waals surface area contributed by atoms with Crippen LogP contribution in [0, 0.1) is 5.92 Å².